The molecule has 0 spiro atoms. The summed E-state index contributed by atoms with van der Waals surface area (Å²) in [6, 6.07) is 26.9. The molecule has 4 rings (SSSR count). The lowest BCUT2D eigenvalue weighted by Gasteiger charge is -2.32. The number of rotatable bonds is 5. The van der Waals surface area contributed by atoms with E-state index in [2.05, 4.69) is 10.6 Å². The molecule has 1 heterocycles. The maximum Gasteiger partial charge on any atom is 0.255 e. The van der Waals surface area contributed by atoms with Crippen molar-refractivity contribution in [2.45, 2.75) is 12.8 Å². The van der Waals surface area contributed by atoms with Gasteiger partial charge in [0.1, 0.15) is 0 Å². The molecule has 2 N–H and O–H groups in total. The SMILES string of the molecule is O=C(Nc1ccccc1)C1CCN(C(=O)c2ccccc2Nc2ccccc2)CC1. The Kier molecular flexibility index (Phi) is 6.09. The standard InChI is InChI=1S/C25H25N3O2/c29-24(27-21-11-5-2-6-12-21)19-15-17-28(18-16-19)25(30)22-13-7-8-14-23(22)26-20-9-3-1-4-10-20/h1-14,19,26H,15-18H2,(H,27,29). The zero-order valence-corrected chi connectivity index (χ0v) is 16.8. The second kappa shape index (κ2) is 9.27. The number of amides is 2. The van der Waals surface area contributed by atoms with E-state index in [1.807, 2.05) is 89.8 Å². The molecule has 0 saturated carbocycles. The number of hydrogen-bond donors (Lipinski definition) is 2. The fourth-order valence-corrected chi connectivity index (χ4v) is 3.74. The monoisotopic (exact) mass is 399 g/mol. The molecule has 0 unspecified atom stereocenters. The molecule has 5 nitrogen and oxygen atoms in total. The average Bonchev–Trinajstić information content (AvgIpc) is 2.80. The van der Waals surface area contributed by atoms with Gasteiger partial charge in [-0.25, -0.2) is 0 Å². The quantitative estimate of drug-likeness (QED) is 0.640. The van der Waals surface area contributed by atoms with Crippen molar-refractivity contribution in [2.75, 3.05) is 23.7 Å². The van der Waals surface area contributed by atoms with Gasteiger partial charge in [-0.2, -0.15) is 0 Å². The van der Waals surface area contributed by atoms with Crippen molar-refractivity contribution < 1.29 is 9.59 Å². The van der Waals surface area contributed by atoms with Gasteiger partial charge in [0.25, 0.3) is 5.91 Å². The third-order valence-electron chi connectivity index (χ3n) is 5.40. The predicted molar refractivity (Wildman–Crippen MR) is 120 cm³/mol. The van der Waals surface area contributed by atoms with Crippen LogP contribution in [0.15, 0.2) is 84.9 Å². The summed E-state index contributed by atoms with van der Waals surface area (Å²) in [4.78, 5) is 27.6. The molecule has 3 aromatic carbocycles. The molecular formula is C25H25N3O2. The number of piperidine rings is 1. The Hall–Kier alpha value is -3.60. The summed E-state index contributed by atoms with van der Waals surface area (Å²) in [7, 11) is 0. The van der Waals surface area contributed by atoms with Crippen LogP contribution in [0.2, 0.25) is 0 Å². The van der Waals surface area contributed by atoms with Gasteiger partial charge in [-0.05, 0) is 49.2 Å². The lowest BCUT2D eigenvalue weighted by Crippen LogP contribution is -2.41. The first kappa shape index (κ1) is 19.7. The molecule has 1 fully saturated rings. The minimum absolute atomic E-state index is 0.00375. The molecule has 2 amide bonds. The zero-order valence-electron chi connectivity index (χ0n) is 16.8. The number of carbonyl (C=O) groups is 2. The summed E-state index contributed by atoms with van der Waals surface area (Å²) in [5.74, 6) is -0.0534. The highest BCUT2D eigenvalue weighted by Gasteiger charge is 2.28. The molecule has 152 valence electrons. The van der Waals surface area contributed by atoms with Crippen molar-refractivity contribution >= 4 is 28.9 Å². The van der Waals surface area contributed by atoms with Gasteiger partial charge in [0.05, 0.1) is 11.3 Å². The molecule has 0 aliphatic carbocycles. The van der Waals surface area contributed by atoms with E-state index >= 15 is 0 Å². The average molecular weight is 399 g/mol. The number of hydrogen-bond acceptors (Lipinski definition) is 3. The molecule has 0 bridgehead atoms. The Morgan fingerprint density at radius 3 is 1.97 bits per heavy atom. The third kappa shape index (κ3) is 4.69. The van der Waals surface area contributed by atoms with E-state index in [0.717, 1.165) is 17.1 Å². The van der Waals surface area contributed by atoms with Gasteiger partial charge in [0.15, 0.2) is 0 Å². The number of benzene rings is 3. The molecule has 0 radical (unpaired) electrons. The van der Waals surface area contributed by atoms with Crippen LogP contribution in [0.5, 0.6) is 0 Å². The summed E-state index contributed by atoms with van der Waals surface area (Å²) < 4.78 is 0. The van der Waals surface area contributed by atoms with E-state index in [1.165, 1.54) is 0 Å². The molecule has 1 aliphatic rings. The summed E-state index contributed by atoms with van der Waals surface area (Å²) in [5.41, 5.74) is 3.18. The maximum absolute atomic E-state index is 13.2. The van der Waals surface area contributed by atoms with Gasteiger partial charge < -0.3 is 15.5 Å². The van der Waals surface area contributed by atoms with Crippen LogP contribution in [-0.2, 0) is 4.79 Å². The van der Waals surface area contributed by atoms with Gasteiger partial charge in [-0.1, -0.05) is 48.5 Å². The summed E-state index contributed by atoms with van der Waals surface area (Å²) in [5, 5.41) is 6.31. The Labute approximate surface area is 176 Å². The van der Waals surface area contributed by atoms with Crippen LogP contribution < -0.4 is 10.6 Å². The Balaban J connectivity index is 1.38. The highest BCUT2D eigenvalue weighted by atomic mass is 16.2. The van der Waals surface area contributed by atoms with Crippen LogP contribution >= 0.6 is 0 Å². The van der Waals surface area contributed by atoms with Crippen LogP contribution in [0, 0.1) is 5.92 Å². The van der Waals surface area contributed by atoms with Crippen molar-refractivity contribution in [3.05, 3.63) is 90.5 Å². The predicted octanol–water partition coefficient (Wildman–Crippen LogP) is 4.92. The molecule has 1 saturated heterocycles. The first-order valence-electron chi connectivity index (χ1n) is 10.3. The molecule has 5 heteroatoms. The van der Waals surface area contributed by atoms with Crippen molar-refractivity contribution in [3.63, 3.8) is 0 Å². The minimum Gasteiger partial charge on any atom is -0.355 e. The highest BCUT2D eigenvalue weighted by molar-refractivity contribution is 6.00. The van der Waals surface area contributed by atoms with Crippen molar-refractivity contribution in [2.24, 2.45) is 5.92 Å². The number of nitrogens with one attached hydrogen (secondary N) is 2. The van der Waals surface area contributed by atoms with E-state index in [0.29, 0.717) is 31.5 Å². The molecule has 30 heavy (non-hydrogen) atoms. The Morgan fingerprint density at radius 1 is 0.733 bits per heavy atom. The van der Waals surface area contributed by atoms with Crippen molar-refractivity contribution in [3.8, 4) is 0 Å². The lowest BCUT2D eigenvalue weighted by molar-refractivity contribution is -0.121. The zero-order chi connectivity index (χ0) is 20.8. The fraction of sp³-hybridized carbons (Fsp3) is 0.200. The molecule has 3 aromatic rings. The maximum atomic E-state index is 13.2. The first-order chi connectivity index (χ1) is 14.7. The van der Waals surface area contributed by atoms with Crippen LogP contribution in [0.25, 0.3) is 0 Å². The van der Waals surface area contributed by atoms with Crippen LogP contribution in [0.1, 0.15) is 23.2 Å². The number of carbonyl (C=O) groups excluding carboxylic acids is 2. The Morgan fingerprint density at radius 2 is 1.30 bits per heavy atom. The van der Waals surface area contributed by atoms with Gasteiger partial charge in [-0.3, -0.25) is 9.59 Å². The van der Waals surface area contributed by atoms with Crippen LogP contribution in [0.4, 0.5) is 17.1 Å². The lowest BCUT2D eigenvalue weighted by atomic mass is 9.95. The van der Waals surface area contributed by atoms with E-state index in [1.54, 1.807) is 0 Å². The largest absolute Gasteiger partial charge is 0.355 e. The number of nitrogens with zero attached hydrogens (tertiary/aromatic N) is 1. The second-order valence-electron chi connectivity index (χ2n) is 7.46. The van der Waals surface area contributed by atoms with Crippen LogP contribution in [-0.4, -0.2) is 29.8 Å². The van der Waals surface area contributed by atoms with Gasteiger partial charge in [0, 0.05) is 30.4 Å². The molecule has 0 aromatic heterocycles. The van der Waals surface area contributed by atoms with Gasteiger partial charge >= 0.3 is 0 Å². The Bertz CT molecular complexity index is 997. The highest BCUT2D eigenvalue weighted by Crippen LogP contribution is 2.25. The number of para-hydroxylation sites is 3. The molecular weight excluding hydrogens is 374 g/mol. The molecule has 0 atom stereocenters. The van der Waals surface area contributed by atoms with Gasteiger partial charge in [0.2, 0.25) is 5.91 Å². The summed E-state index contributed by atoms with van der Waals surface area (Å²) in [6.45, 7) is 1.15. The van der Waals surface area contributed by atoms with E-state index in [4.69, 9.17) is 0 Å². The van der Waals surface area contributed by atoms with Crippen LogP contribution in [0.3, 0.4) is 0 Å². The molecule has 1 aliphatic heterocycles. The van der Waals surface area contributed by atoms with E-state index < -0.39 is 0 Å². The van der Waals surface area contributed by atoms with E-state index in [9.17, 15) is 9.59 Å². The first-order valence-corrected chi connectivity index (χ1v) is 10.3. The van der Waals surface area contributed by atoms with Crippen molar-refractivity contribution in [1.82, 2.24) is 4.90 Å². The third-order valence-corrected chi connectivity index (χ3v) is 5.40. The number of likely N-dealkylation sites (tertiary alicyclic amines) is 1. The topological polar surface area (TPSA) is 61.4 Å². The fourth-order valence-electron chi connectivity index (χ4n) is 3.74. The van der Waals surface area contributed by atoms with Gasteiger partial charge in [-0.15, -0.1) is 0 Å². The smallest absolute Gasteiger partial charge is 0.255 e. The van der Waals surface area contributed by atoms with Crippen molar-refractivity contribution in [1.29, 1.82) is 0 Å². The second-order valence-corrected chi connectivity index (χ2v) is 7.46. The normalized spacial score (nSPS) is 14.2. The summed E-state index contributed by atoms with van der Waals surface area (Å²) >= 11 is 0. The minimum atomic E-state index is -0.0769. The summed E-state index contributed by atoms with van der Waals surface area (Å²) in [6.07, 6.45) is 1.33. The van der Waals surface area contributed by atoms with E-state index in [-0.39, 0.29) is 17.7 Å². The number of anilines is 3.